The van der Waals surface area contributed by atoms with E-state index in [2.05, 4.69) is 16.8 Å². The van der Waals surface area contributed by atoms with Gasteiger partial charge < -0.3 is 4.74 Å². The van der Waals surface area contributed by atoms with Gasteiger partial charge in [0.15, 0.2) is 0 Å². The van der Waals surface area contributed by atoms with Crippen molar-refractivity contribution in [1.82, 2.24) is 14.9 Å². The molecule has 4 heteroatoms. The second-order valence-corrected chi connectivity index (χ2v) is 5.72. The number of hydrogen-bond acceptors (Lipinski definition) is 4. The Labute approximate surface area is 120 Å². The Kier molecular flexibility index (Phi) is 4.31. The fraction of sp³-hybridized carbons (Fsp3) is 0.625. The lowest BCUT2D eigenvalue weighted by atomic mass is 10.0. The zero-order chi connectivity index (χ0) is 13.8. The molecule has 0 unspecified atom stereocenters. The second-order valence-electron chi connectivity index (χ2n) is 5.72. The molecule has 0 saturated heterocycles. The standard InChI is InChI=1S/C16H23N3O/c1-2-4-16-17-9-14-11-19(7-6-15(14)18-16)10-13-5-3-8-20-12-13/h9,12H,2-8,10-11H2,1H3. The van der Waals surface area contributed by atoms with Gasteiger partial charge in [0.1, 0.15) is 5.82 Å². The van der Waals surface area contributed by atoms with Crippen molar-refractivity contribution < 1.29 is 4.74 Å². The van der Waals surface area contributed by atoms with Gasteiger partial charge in [-0.1, -0.05) is 6.92 Å². The molecule has 0 fully saturated rings. The van der Waals surface area contributed by atoms with Gasteiger partial charge in [-0.05, 0) is 24.8 Å². The molecule has 2 aliphatic heterocycles. The predicted octanol–water partition coefficient (Wildman–Crippen LogP) is 2.48. The molecule has 4 nitrogen and oxygen atoms in total. The van der Waals surface area contributed by atoms with Crippen LogP contribution < -0.4 is 0 Å². The van der Waals surface area contributed by atoms with Crippen LogP contribution in [0.15, 0.2) is 18.0 Å². The van der Waals surface area contributed by atoms with Crippen LogP contribution in [0, 0.1) is 0 Å². The number of nitrogens with zero attached hydrogens (tertiary/aromatic N) is 3. The van der Waals surface area contributed by atoms with Crippen molar-refractivity contribution in [2.45, 2.75) is 45.6 Å². The number of hydrogen-bond donors (Lipinski definition) is 0. The van der Waals surface area contributed by atoms with Gasteiger partial charge in [0, 0.05) is 49.9 Å². The summed E-state index contributed by atoms with van der Waals surface area (Å²) in [5.74, 6) is 1.00. The number of aromatic nitrogens is 2. The summed E-state index contributed by atoms with van der Waals surface area (Å²) in [7, 11) is 0. The highest BCUT2D eigenvalue weighted by Gasteiger charge is 2.19. The van der Waals surface area contributed by atoms with E-state index in [0.717, 1.165) is 57.7 Å². The largest absolute Gasteiger partial charge is 0.501 e. The molecule has 0 radical (unpaired) electrons. The summed E-state index contributed by atoms with van der Waals surface area (Å²) < 4.78 is 5.42. The van der Waals surface area contributed by atoms with Crippen LogP contribution in [-0.2, 0) is 24.1 Å². The van der Waals surface area contributed by atoms with E-state index in [-0.39, 0.29) is 0 Å². The molecule has 108 valence electrons. The lowest BCUT2D eigenvalue weighted by Gasteiger charge is -2.29. The molecule has 3 rings (SSSR count). The molecular weight excluding hydrogens is 250 g/mol. The Morgan fingerprint density at radius 1 is 1.35 bits per heavy atom. The average molecular weight is 273 g/mol. The molecule has 0 aromatic carbocycles. The van der Waals surface area contributed by atoms with E-state index in [1.807, 2.05) is 12.5 Å². The maximum absolute atomic E-state index is 5.42. The summed E-state index contributed by atoms with van der Waals surface area (Å²) in [6, 6.07) is 0. The molecule has 1 aromatic heterocycles. The second kappa shape index (κ2) is 6.35. The van der Waals surface area contributed by atoms with Crippen molar-refractivity contribution in [3.63, 3.8) is 0 Å². The van der Waals surface area contributed by atoms with Crippen LogP contribution in [0.1, 0.15) is 43.3 Å². The molecule has 0 N–H and O–H groups in total. The topological polar surface area (TPSA) is 38.2 Å². The first-order valence-corrected chi connectivity index (χ1v) is 7.70. The zero-order valence-electron chi connectivity index (χ0n) is 12.3. The molecule has 3 heterocycles. The highest BCUT2D eigenvalue weighted by atomic mass is 16.5. The van der Waals surface area contributed by atoms with E-state index >= 15 is 0 Å². The molecule has 20 heavy (non-hydrogen) atoms. The molecule has 0 spiro atoms. The van der Waals surface area contributed by atoms with Gasteiger partial charge in [0.05, 0.1) is 12.9 Å². The van der Waals surface area contributed by atoms with Gasteiger partial charge >= 0.3 is 0 Å². The Morgan fingerprint density at radius 2 is 2.30 bits per heavy atom. The van der Waals surface area contributed by atoms with E-state index < -0.39 is 0 Å². The molecule has 0 saturated carbocycles. The first-order chi connectivity index (χ1) is 9.85. The van der Waals surface area contributed by atoms with Crippen molar-refractivity contribution in [3.8, 4) is 0 Å². The van der Waals surface area contributed by atoms with E-state index in [4.69, 9.17) is 9.72 Å². The Morgan fingerprint density at radius 3 is 3.10 bits per heavy atom. The van der Waals surface area contributed by atoms with Crippen LogP contribution in [0.5, 0.6) is 0 Å². The first kappa shape index (κ1) is 13.6. The third kappa shape index (κ3) is 3.18. The fourth-order valence-corrected chi connectivity index (χ4v) is 2.92. The van der Waals surface area contributed by atoms with Crippen molar-refractivity contribution >= 4 is 0 Å². The van der Waals surface area contributed by atoms with Gasteiger partial charge in [-0.25, -0.2) is 9.97 Å². The summed E-state index contributed by atoms with van der Waals surface area (Å²) in [5.41, 5.74) is 3.98. The molecule has 0 aliphatic carbocycles. The van der Waals surface area contributed by atoms with E-state index in [1.165, 1.54) is 23.3 Å². The zero-order valence-corrected chi connectivity index (χ0v) is 12.3. The normalized spacial score (nSPS) is 19.1. The van der Waals surface area contributed by atoms with Crippen molar-refractivity contribution in [1.29, 1.82) is 0 Å². The molecular formula is C16H23N3O. The van der Waals surface area contributed by atoms with Crippen molar-refractivity contribution in [3.05, 3.63) is 35.1 Å². The van der Waals surface area contributed by atoms with Crippen LogP contribution in [0.2, 0.25) is 0 Å². The number of ether oxygens (including phenoxy) is 1. The van der Waals surface area contributed by atoms with Gasteiger partial charge in [-0.3, -0.25) is 4.90 Å². The SMILES string of the molecule is CCCc1ncc2c(n1)CCN(CC1=COCCC1)C2. The van der Waals surface area contributed by atoms with Gasteiger partial charge in [-0.15, -0.1) is 0 Å². The lowest BCUT2D eigenvalue weighted by Crippen LogP contribution is -2.33. The minimum Gasteiger partial charge on any atom is -0.501 e. The number of aryl methyl sites for hydroxylation is 1. The summed E-state index contributed by atoms with van der Waals surface area (Å²) in [4.78, 5) is 11.7. The lowest BCUT2D eigenvalue weighted by molar-refractivity contribution is 0.208. The first-order valence-electron chi connectivity index (χ1n) is 7.70. The van der Waals surface area contributed by atoms with E-state index in [9.17, 15) is 0 Å². The summed E-state index contributed by atoms with van der Waals surface area (Å²) in [5, 5.41) is 0. The molecule has 0 amide bonds. The van der Waals surface area contributed by atoms with Crippen LogP contribution in [0.25, 0.3) is 0 Å². The van der Waals surface area contributed by atoms with Gasteiger partial charge in [0.2, 0.25) is 0 Å². The smallest absolute Gasteiger partial charge is 0.128 e. The van der Waals surface area contributed by atoms with Gasteiger partial charge in [-0.2, -0.15) is 0 Å². The molecule has 1 aromatic rings. The molecule has 0 bridgehead atoms. The summed E-state index contributed by atoms with van der Waals surface area (Å²) >= 11 is 0. The quantitative estimate of drug-likeness (QED) is 0.845. The highest BCUT2D eigenvalue weighted by Crippen LogP contribution is 2.20. The monoisotopic (exact) mass is 273 g/mol. The molecule has 2 aliphatic rings. The Bertz CT molecular complexity index is 498. The van der Waals surface area contributed by atoms with E-state index in [1.54, 1.807) is 0 Å². The summed E-state index contributed by atoms with van der Waals surface area (Å²) in [6.07, 6.45) is 9.46. The Hall–Kier alpha value is -1.42. The number of fused-ring (bicyclic) bond motifs is 1. The van der Waals surface area contributed by atoms with E-state index in [0.29, 0.717) is 0 Å². The number of rotatable bonds is 4. The van der Waals surface area contributed by atoms with Crippen molar-refractivity contribution in [2.24, 2.45) is 0 Å². The predicted molar refractivity (Wildman–Crippen MR) is 78.3 cm³/mol. The average Bonchev–Trinajstić information content (AvgIpc) is 2.49. The van der Waals surface area contributed by atoms with Crippen LogP contribution in [-0.4, -0.2) is 34.6 Å². The van der Waals surface area contributed by atoms with Gasteiger partial charge in [0.25, 0.3) is 0 Å². The summed E-state index contributed by atoms with van der Waals surface area (Å²) in [6.45, 7) is 6.13. The van der Waals surface area contributed by atoms with Crippen molar-refractivity contribution in [2.75, 3.05) is 19.7 Å². The Balaban J connectivity index is 1.64. The third-order valence-corrected chi connectivity index (χ3v) is 3.97. The van der Waals surface area contributed by atoms with Crippen LogP contribution >= 0.6 is 0 Å². The third-order valence-electron chi connectivity index (χ3n) is 3.97. The maximum atomic E-state index is 5.42. The van der Waals surface area contributed by atoms with Crippen LogP contribution in [0.4, 0.5) is 0 Å². The molecule has 0 atom stereocenters. The minimum atomic E-state index is 0.875. The highest BCUT2D eigenvalue weighted by molar-refractivity contribution is 5.21. The fourth-order valence-electron chi connectivity index (χ4n) is 2.92. The maximum Gasteiger partial charge on any atom is 0.128 e. The van der Waals surface area contributed by atoms with Crippen LogP contribution in [0.3, 0.4) is 0 Å². The minimum absolute atomic E-state index is 0.875.